The van der Waals surface area contributed by atoms with Crippen molar-refractivity contribution in [1.82, 2.24) is 0 Å². The zero-order valence-electron chi connectivity index (χ0n) is 13.9. The average Bonchev–Trinajstić information content (AvgIpc) is 2.56. The highest BCUT2D eigenvalue weighted by Gasteiger charge is 2.63. The number of methoxy groups -OCH3 is 1. The molecule has 0 heterocycles. The molecule has 0 saturated heterocycles. The third-order valence-electron chi connectivity index (χ3n) is 3.98. The number of likely N-dealkylation sites (N-methyl/N-ethyl adjacent to an activating group) is 1. The number of ether oxygens (including phenoxy) is 1. The van der Waals surface area contributed by atoms with E-state index in [9.17, 15) is 18.0 Å². The predicted octanol–water partition coefficient (Wildman–Crippen LogP) is 4.72. The first kappa shape index (κ1) is 19.3. The van der Waals surface area contributed by atoms with Gasteiger partial charge in [-0.25, -0.2) is 0 Å². The van der Waals surface area contributed by atoms with Crippen molar-refractivity contribution >= 4 is 23.2 Å². The van der Waals surface area contributed by atoms with Gasteiger partial charge in [0, 0.05) is 30.4 Å². The van der Waals surface area contributed by atoms with E-state index in [0.717, 1.165) is 17.6 Å². The molecule has 2 rings (SSSR count). The van der Waals surface area contributed by atoms with E-state index in [2.05, 4.69) is 0 Å². The van der Waals surface area contributed by atoms with Gasteiger partial charge >= 0.3 is 6.18 Å². The third kappa shape index (κ3) is 3.50. The minimum atomic E-state index is -4.95. The van der Waals surface area contributed by atoms with Crippen LogP contribution in [0.25, 0.3) is 0 Å². The van der Waals surface area contributed by atoms with E-state index in [-0.39, 0.29) is 11.3 Å². The SMILES string of the molecule is COC(C(=O)N(C)c1ccc(Cl)cc1)(c1ccc(C)cc1)C(F)(F)F. The average molecular weight is 372 g/mol. The summed E-state index contributed by atoms with van der Waals surface area (Å²) in [5, 5.41) is 0.414. The lowest BCUT2D eigenvalue weighted by atomic mass is 9.90. The number of nitrogens with zero attached hydrogens (tertiary/aromatic N) is 1. The fourth-order valence-corrected chi connectivity index (χ4v) is 2.66. The Bertz CT molecular complexity index is 744. The summed E-state index contributed by atoms with van der Waals surface area (Å²) in [6.07, 6.45) is -4.95. The molecule has 0 N–H and O–H groups in total. The second-order valence-electron chi connectivity index (χ2n) is 5.59. The summed E-state index contributed by atoms with van der Waals surface area (Å²) < 4.78 is 46.7. The molecule has 0 aliphatic heterocycles. The number of amides is 1. The molecule has 2 aromatic carbocycles. The van der Waals surface area contributed by atoms with Crippen molar-refractivity contribution < 1.29 is 22.7 Å². The van der Waals surface area contributed by atoms with Crippen LogP contribution in [0.4, 0.5) is 18.9 Å². The van der Waals surface area contributed by atoms with Gasteiger partial charge in [-0.15, -0.1) is 0 Å². The Kier molecular flexibility index (Phi) is 5.44. The zero-order valence-corrected chi connectivity index (χ0v) is 14.7. The van der Waals surface area contributed by atoms with Gasteiger partial charge in [0.25, 0.3) is 11.5 Å². The Labute approximate surface area is 149 Å². The van der Waals surface area contributed by atoms with Gasteiger partial charge in [0.05, 0.1) is 0 Å². The van der Waals surface area contributed by atoms with Crippen molar-refractivity contribution in [3.8, 4) is 0 Å². The van der Waals surface area contributed by atoms with Crippen LogP contribution in [0.2, 0.25) is 5.02 Å². The highest BCUT2D eigenvalue weighted by atomic mass is 35.5. The van der Waals surface area contributed by atoms with Crippen LogP contribution in [0.3, 0.4) is 0 Å². The van der Waals surface area contributed by atoms with Crippen molar-refractivity contribution in [3.05, 3.63) is 64.7 Å². The topological polar surface area (TPSA) is 29.5 Å². The standard InChI is InChI=1S/C18H17ClF3NO2/c1-12-4-6-13(7-5-12)17(25-3,18(20,21)22)16(24)23(2)15-10-8-14(19)9-11-15/h4-11H,1-3H3. The van der Waals surface area contributed by atoms with Crippen molar-refractivity contribution in [1.29, 1.82) is 0 Å². The van der Waals surface area contributed by atoms with E-state index in [1.54, 1.807) is 6.92 Å². The highest BCUT2D eigenvalue weighted by Crippen LogP contribution is 2.44. The van der Waals surface area contributed by atoms with Crippen LogP contribution < -0.4 is 4.90 Å². The summed E-state index contributed by atoms with van der Waals surface area (Å²) in [4.78, 5) is 13.8. The molecule has 25 heavy (non-hydrogen) atoms. The number of alkyl halides is 3. The van der Waals surface area contributed by atoms with Gasteiger partial charge in [-0.2, -0.15) is 13.2 Å². The molecule has 0 aromatic heterocycles. The Balaban J connectivity index is 2.56. The molecular formula is C18H17ClF3NO2. The lowest BCUT2D eigenvalue weighted by molar-refractivity contribution is -0.264. The largest absolute Gasteiger partial charge is 0.430 e. The number of halogens is 4. The first-order valence-electron chi connectivity index (χ1n) is 7.36. The maximum absolute atomic E-state index is 14.0. The second-order valence-corrected chi connectivity index (χ2v) is 6.03. The number of rotatable bonds is 4. The number of carbonyl (C=O) groups is 1. The number of hydrogen-bond donors (Lipinski definition) is 0. The summed E-state index contributed by atoms with van der Waals surface area (Å²) in [6, 6.07) is 11.4. The second kappa shape index (κ2) is 7.06. The van der Waals surface area contributed by atoms with Gasteiger partial charge in [-0.3, -0.25) is 4.79 Å². The van der Waals surface area contributed by atoms with E-state index in [4.69, 9.17) is 16.3 Å². The molecular weight excluding hydrogens is 355 g/mol. The number of aryl methyl sites for hydroxylation is 1. The summed E-state index contributed by atoms with van der Waals surface area (Å²) in [6.45, 7) is 1.74. The molecule has 0 saturated carbocycles. The Morgan fingerprint density at radius 3 is 2.00 bits per heavy atom. The van der Waals surface area contributed by atoms with Gasteiger partial charge in [0.2, 0.25) is 0 Å². The highest BCUT2D eigenvalue weighted by molar-refractivity contribution is 6.30. The van der Waals surface area contributed by atoms with E-state index in [1.165, 1.54) is 55.6 Å². The van der Waals surface area contributed by atoms with Gasteiger partial charge in [-0.1, -0.05) is 41.4 Å². The fourth-order valence-electron chi connectivity index (χ4n) is 2.54. The Morgan fingerprint density at radius 1 is 1.04 bits per heavy atom. The molecule has 0 fully saturated rings. The normalized spacial score (nSPS) is 14.0. The summed E-state index contributed by atoms with van der Waals surface area (Å²) in [5.41, 5.74) is -2.34. The summed E-state index contributed by atoms with van der Waals surface area (Å²) in [5.74, 6) is -1.24. The molecule has 134 valence electrons. The number of anilines is 1. The van der Waals surface area contributed by atoms with E-state index in [0.29, 0.717) is 5.02 Å². The van der Waals surface area contributed by atoms with E-state index >= 15 is 0 Å². The van der Waals surface area contributed by atoms with Crippen LogP contribution in [-0.4, -0.2) is 26.2 Å². The van der Waals surface area contributed by atoms with Crippen LogP contribution in [0.1, 0.15) is 11.1 Å². The summed E-state index contributed by atoms with van der Waals surface area (Å²) in [7, 11) is 2.14. The van der Waals surface area contributed by atoms with E-state index in [1.807, 2.05) is 0 Å². The molecule has 2 aromatic rings. The molecule has 0 radical (unpaired) electrons. The quantitative estimate of drug-likeness (QED) is 0.778. The minimum Gasteiger partial charge on any atom is -0.356 e. The monoisotopic (exact) mass is 371 g/mol. The maximum atomic E-state index is 14.0. The first-order chi connectivity index (χ1) is 11.6. The van der Waals surface area contributed by atoms with E-state index < -0.39 is 17.7 Å². The van der Waals surface area contributed by atoms with Crippen LogP contribution in [0.15, 0.2) is 48.5 Å². The van der Waals surface area contributed by atoms with Crippen LogP contribution in [0, 0.1) is 6.92 Å². The number of carbonyl (C=O) groups excluding carboxylic acids is 1. The third-order valence-corrected chi connectivity index (χ3v) is 4.24. The predicted molar refractivity (Wildman–Crippen MR) is 90.8 cm³/mol. The fraction of sp³-hybridized carbons (Fsp3) is 0.278. The molecule has 1 amide bonds. The van der Waals surface area contributed by atoms with Gasteiger partial charge in [-0.05, 0) is 31.2 Å². The van der Waals surface area contributed by atoms with Gasteiger partial charge < -0.3 is 9.64 Å². The van der Waals surface area contributed by atoms with Crippen LogP contribution in [0.5, 0.6) is 0 Å². The lowest BCUT2D eigenvalue weighted by Gasteiger charge is -2.36. The molecule has 0 spiro atoms. The first-order valence-corrected chi connectivity index (χ1v) is 7.74. The maximum Gasteiger partial charge on any atom is 0.430 e. The molecule has 1 unspecified atom stereocenters. The molecule has 1 atom stereocenters. The number of benzene rings is 2. The molecule has 0 aliphatic rings. The lowest BCUT2D eigenvalue weighted by Crippen LogP contribution is -2.56. The van der Waals surface area contributed by atoms with Gasteiger partial charge in [0.1, 0.15) is 0 Å². The number of hydrogen-bond acceptors (Lipinski definition) is 2. The summed E-state index contributed by atoms with van der Waals surface area (Å²) >= 11 is 5.79. The molecule has 3 nitrogen and oxygen atoms in total. The minimum absolute atomic E-state index is 0.271. The molecule has 0 bridgehead atoms. The van der Waals surface area contributed by atoms with Crippen LogP contribution in [-0.2, 0) is 15.1 Å². The van der Waals surface area contributed by atoms with Crippen molar-refractivity contribution in [2.45, 2.75) is 18.7 Å². The Hall–Kier alpha value is -2.05. The smallest absolute Gasteiger partial charge is 0.356 e. The molecule has 7 heteroatoms. The van der Waals surface area contributed by atoms with Gasteiger partial charge in [0.15, 0.2) is 0 Å². The Morgan fingerprint density at radius 2 is 1.56 bits per heavy atom. The van der Waals surface area contributed by atoms with Crippen molar-refractivity contribution in [3.63, 3.8) is 0 Å². The molecule has 0 aliphatic carbocycles. The zero-order chi connectivity index (χ0) is 18.8. The van der Waals surface area contributed by atoms with Crippen LogP contribution >= 0.6 is 11.6 Å². The van der Waals surface area contributed by atoms with Crippen molar-refractivity contribution in [2.75, 3.05) is 19.1 Å². The van der Waals surface area contributed by atoms with Crippen molar-refractivity contribution in [2.24, 2.45) is 0 Å².